The van der Waals surface area contributed by atoms with E-state index in [2.05, 4.69) is 160 Å². The number of nitrogens with zero attached hydrogens (tertiary/aromatic N) is 1. The summed E-state index contributed by atoms with van der Waals surface area (Å²) in [6, 6.07) is 0. The number of carbonyl (C=O) groups is 3. The van der Waals surface area contributed by atoms with E-state index < -0.39 is 24.3 Å². The van der Waals surface area contributed by atoms with E-state index in [0.29, 0.717) is 17.4 Å². The SMILES string of the molecule is CC/C=C\C/C=C\C/C=C\C/C=C\C/C=C\C/C=C\C/C=C\C/C=C\C/C=C\C/C=C\CCCCCCC(=O)OC(COC(=O)CCCCCCCCCCCCCCCCCCCCCCCCCCCCC/C=C\C/C=C\CCCCCCC)COC(OCC[N+](C)(C)C)C(=O)[O-]. The summed E-state index contributed by atoms with van der Waals surface area (Å²) in [4.78, 5) is 37.6. The minimum atomic E-state index is -1.64. The Bertz CT molecular complexity index is 2150. The van der Waals surface area contributed by atoms with Gasteiger partial charge in [-0.25, -0.2) is 0 Å². The highest BCUT2D eigenvalue weighted by Gasteiger charge is 2.22. The molecule has 0 fully saturated rings. The summed E-state index contributed by atoms with van der Waals surface area (Å²) in [5.74, 6) is -2.32. The first-order valence-electron chi connectivity index (χ1n) is 41.0. The van der Waals surface area contributed by atoms with Crippen molar-refractivity contribution < 1.29 is 42.9 Å². The number of ether oxygens (including phenoxy) is 4. The van der Waals surface area contributed by atoms with E-state index in [4.69, 9.17) is 18.9 Å². The van der Waals surface area contributed by atoms with Gasteiger partial charge >= 0.3 is 11.9 Å². The minimum absolute atomic E-state index is 0.137. The summed E-state index contributed by atoms with van der Waals surface area (Å²) in [7, 11) is 5.92. The Morgan fingerprint density at radius 2 is 0.576 bits per heavy atom. The van der Waals surface area contributed by atoms with Crippen LogP contribution in [0.5, 0.6) is 0 Å². The van der Waals surface area contributed by atoms with E-state index in [-0.39, 0.29) is 38.6 Å². The summed E-state index contributed by atoms with van der Waals surface area (Å²) in [5, 5.41) is 11.9. The van der Waals surface area contributed by atoms with Crippen molar-refractivity contribution in [2.24, 2.45) is 0 Å². The maximum atomic E-state index is 13.0. The van der Waals surface area contributed by atoms with Crippen molar-refractivity contribution in [1.82, 2.24) is 0 Å². The van der Waals surface area contributed by atoms with Crippen LogP contribution in [0.25, 0.3) is 0 Å². The van der Waals surface area contributed by atoms with Crippen molar-refractivity contribution in [3.8, 4) is 0 Å². The van der Waals surface area contributed by atoms with E-state index in [0.717, 1.165) is 116 Å². The Balaban J connectivity index is 4.08. The van der Waals surface area contributed by atoms with Gasteiger partial charge in [-0.1, -0.05) is 359 Å². The topological polar surface area (TPSA) is 111 Å². The van der Waals surface area contributed by atoms with Gasteiger partial charge in [0.05, 0.1) is 40.3 Å². The van der Waals surface area contributed by atoms with Crippen molar-refractivity contribution >= 4 is 17.9 Å². The molecule has 2 unspecified atom stereocenters. The highest BCUT2D eigenvalue weighted by molar-refractivity contribution is 5.70. The Labute approximate surface area is 611 Å². The Hall–Kier alpha value is -4.83. The quantitative estimate of drug-likeness (QED) is 0.0195. The molecule has 0 saturated carbocycles. The molecule has 0 heterocycles. The molecule has 2 atom stereocenters. The fraction of sp³-hybridized carbons (Fsp3) is 0.700. The molecule has 99 heavy (non-hydrogen) atoms. The second kappa shape index (κ2) is 78.9. The van der Waals surface area contributed by atoms with Crippen LogP contribution in [0, 0.1) is 0 Å². The Kier molecular flexibility index (Phi) is 75.0. The average Bonchev–Trinajstić information content (AvgIpc) is 1.16. The summed E-state index contributed by atoms with van der Waals surface area (Å²) in [6.07, 6.45) is 113. The van der Waals surface area contributed by atoms with Crippen LogP contribution in [0.4, 0.5) is 0 Å². The van der Waals surface area contributed by atoms with Crippen LogP contribution < -0.4 is 5.11 Å². The first kappa shape index (κ1) is 94.2. The number of quaternary nitrogens is 1. The number of likely N-dealkylation sites (N-methyl/N-ethyl adjacent to an activating group) is 1. The van der Waals surface area contributed by atoms with Gasteiger partial charge in [-0.05, 0) is 122 Å². The number of rotatable bonds is 75. The van der Waals surface area contributed by atoms with Crippen LogP contribution in [-0.4, -0.2) is 82.3 Å². The van der Waals surface area contributed by atoms with E-state index >= 15 is 0 Å². The third-order valence-electron chi connectivity index (χ3n) is 17.6. The van der Waals surface area contributed by atoms with Crippen molar-refractivity contribution in [2.45, 2.75) is 360 Å². The van der Waals surface area contributed by atoms with Gasteiger partial charge in [-0.2, -0.15) is 0 Å². The average molecular weight is 1380 g/mol. The zero-order chi connectivity index (χ0) is 71.8. The zero-order valence-electron chi connectivity index (χ0n) is 64.8. The molecule has 0 aliphatic heterocycles. The van der Waals surface area contributed by atoms with Gasteiger partial charge in [0, 0.05) is 12.8 Å². The Morgan fingerprint density at radius 1 is 0.313 bits per heavy atom. The second-order valence-electron chi connectivity index (χ2n) is 28.3. The zero-order valence-corrected chi connectivity index (χ0v) is 64.8. The maximum Gasteiger partial charge on any atom is 0.306 e. The molecule has 0 aromatic heterocycles. The van der Waals surface area contributed by atoms with Crippen LogP contribution in [0.2, 0.25) is 0 Å². The van der Waals surface area contributed by atoms with E-state index in [1.807, 2.05) is 21.1 Å². The van der Waals surface area contributed by atoms with Gasteiger partial charge < -0.3 is 33.3 Å². The predicted octanol–water partition coefficient (Wildman–Crippen LogP) is 25.3. The molecule has 566 valence electrons. The van der Waals surface area contributed by atoms with Gasteiger partial charge in [0.2, 0.25) is 0 Å². The molecule has 9 nitrogen and oxygen atoms in total. The lowest BCUT2D eigenvalue weighted by Gasteiger charge is -2.26. The molecule has 0 aliphatic rings. The highest BCUT2D eigenvalue weighted by Crippen LogP contribution is 2.18. The number of esters is 2. The number of allylic oxidation sites excluding steroid dienone is 24. The summed E-state index contributed by atoms with van der Waals surface area (Å²) < 4.78 is 22.8. The molecule has 0 aromatic carbocycles. The lowest BCUT2D eigenvalue weighted by atomic mass is 10.0. The minimum Gasteiger partial charge on any atom is -0.545 e. The van der Waals surface area contributed by atoms with E-state index in [1.54, 1.807) is 0 Å². The molecule has 0 aliphatic carbocycles. The molecular weight excluding hydrogens is 1220 g/mol. The van der Waals surface area contributed by atoms with E-state index in [9.17, 15) is 19.5 Å². The van der Waals surface area contributed by atoms with Crippen LogP contribution in [0.15, 0.2) is 146 Å². The number of unbranched alkanes of at least 4 members (excludes halogenated alkanes) is 36. The molecule has 0 aromatic rings. The normalized spacial score (nSPS) is 13.4. The summed E-state index contributed by atoms with van der Waals surface area (Å²) in [6.45, 7) is 4.61. The standard InChI is InChI=1S/C90H153NO8/c1-6-8-10-12-14-16-18-20-22-24-26-28-30-32-34-36-38-40-42-43-44-45-47-48-50-52-54-56-58-60-62-64-66-68-70-72-74-76-78-80-87(92)97-84-86(85-98-90(89(94)95)96-83-82-91(3,4)5)99-88(93)81-79-77-75-73-71-69-67-65-63-61-59-57-55-53-51-49-46-41-39-37-35-33-31-29-27-25-23-21-19-17-15-13-11-9-7-2/h9,11,15,17-18,20-21,23-24,26-27,29,33,35,39,41,49,51,55,57,61,63,67,69,86,90H,6-8,10,12-14,16,19,22,25,28,30-32,34,36-38,40,42-48,50,52-54,56,58-60,62,64-66,68,70-85H2,1-5H3/b11-9-,17-15-,20-18-,23-21-,26-24-,29-27-,35-33-,41-39-,51-49-,57-55-,63-61-,69-67-. The van der Waals surface area contributed by atoms with Crippen molar-refractivity contribution in [1.29, 1.82) is 0 Å². The molecule has 0 radical (unpaired) electrons. The number of hydrogen-bond donors (Lipinski definition) is 0. The molecule has 9 heteroatoms. The first-order chi connectivity index (χ1) is 48.6. The highest BCUT2D eigenvalue weighted by atomic mass is 16.7. The van der Waals surface area contributed by atoms with Gasteiger partial charge in [0.1, 0.15) is 13.2 Å². The molecule has 0 amide bonds. The fourth-order valence-corrected chi connectivity index (χ4v) is 11.4. The van der Waals surface area contributed by atoms with Gasteiger partial charge in [-0.3, -0.25) is 9.59 Å². The lowest BCUT2D eigenvalue weighted by Crippen LogP contribution is -2.44. The number of carboxylic acid groups (broad SMARTS) is 1. The predicted molar refractivity (Wildman–Crippen MR) is 426 cm³/mol. The summed E-state index contributed by atoms with van der Waals surface area (Å²) >= 11 is 0. The molecular formula is C90H153NO8. The number of aliphatic carboxylic acids is 1. The van der Waals surface area contributed by atoms with Crippen molar-refractivity contribution in [2.75, 3.05) is 47.5 Å². The van der Waals surface area contributed by atoms with Crippen LogP contribution in [0.1, 0.15) is 348 Å². The number of hydrogen-bond acceptors (Lipinski definition) is 8. The molecule has 0 rings (SSSR count). The number of carbonyl (C=O) groups excluding carboxylic acids is 3. The van der Waals surface area contributed by atoms with Crippen molar-refractivity contribution in [3.63, 3.8) is 0 Å². The monoisotopic (exact) mass is 1380 g/mol. The maximum absolute atomic E-state index is 13.0. The lowest BCUT2D eigenvalue weighted by molar-refractivity contribution is -0.870. The van der Waals surface area contributed by atoms with E-state index in [1.165, 1.54) is 199 Å². The fourth-order valence-electron chi connectivity index (χ4n) is 11.4. The third kappa shape index (κ3) is 80.4. The first-order valence-corrected chi connectivity index (χ1v) is 41.0. The number of carboxylic acids is 1. The van der Waals surface area contributed by atoms with Gasteiger partial charge in [0.25, 0.3) is 0 Å². The second-order valence-corrected chi connectivity index (χ2v) is 28.3. The van der Waals surface area contributed by atoms with Crippen LogP contribution in [0.3, 0.4) is 0 Å². The molecule has 0 bridgehead atoms. The molecule has 0 spiro atoms. The van der Waals surface area contributed by atoms with Crippen LogP contribution in [-0.2, 0) is 33.3 Å². The van der Waals surface area contributed by atoms with Gasteiger partial charge in [-0.15, -0.1) is 0 Å². The van der Waals surface area contributed by atoms with Crippen molar-refractivity contribution in [3.05, 3.63) is 146 Å². The molecule has 0 saturated heterocycles. The third-order valence-corrected chi connectivity index (χ3v) is 17.6. The Morgan fingerprint density at radius 3 is 0.859 bits per heavy atom. The molecule has 0 N–H and O–H groups in total. The smallest absolute Gasteiger partial charge is 0.306 e. The largest absolute Gasteiger partial charge is 0.545 e. The van der Waals surface area contributed by atoms with Crippen LogP contribution >= 0.6 is 0 Å². The summed E-state index contributed by atoms with van der Waals surface area (Å²) in [5.41, 5.74) is 0. The van der Waals surface area contributed by atoms with Gasteiger partial charge in [0.15, 0.2) is 12.4 Å².